The van der Waals surface area contributed by atoms with Crippen molar-refractivity contribution in [2.45, 2.75) is 38.3 Å². The van der Waals surface area contributed by atoms with Crippen molar-refractivity contribution >= 4 is 17.7 Å². The first-order chi connectivity index (χ1) is 13.9. The van der Waals surface area contributed by atoms with E-state index < -0.39 is 5.66 Å². The van der Waals surface area contributed by atoms with Crippen LogP contribution >= 0.6 is 0 Å². The third-order valence-electron chi connectivity index (χ3n) is 6.04. The summed E-state index contributed by atoms with van der Waals surface area (Å²) in [6, 6.07) is 14.2. The van der Waals surface area contributed by atoms with Crippen molar-refractivity contribution in [1.29, 1.82) is 0 Å². The highest BCUT2D eigenvalue weighted by molar-refractivity contribution is 5.91. The molecule has 29 heavy (non-hydrogen) atoms. The zero-order valence-electron chi connectivity index (χ0n) is 17.5. The summed E-state index contributed by atoms with van der Waals surface area (Å²) in [7, 11) is 1.65. The van der Waals surface area contributed by atoms with Gasteiger partial charge in [0, 0.05) is 11.1 Å². The average Bonchev–Trinajstić information content (AvgIpc) is 3.16. The smallest absolute Gasteiger partial charge is 0.241 e. The monoisotopic (exact) mass is 392 g/mol. The molecule has 1 fully saturated rings. The van der Waals surface area contributed by atoms with Gasteiger partial charge in [0.05, 0.1) is 20.3 Å². The molecule has 1 unspecified atom stereocenters. The van der Waals surface area contributed by atoms with Crippen molar-refractivity contribution < 1.29 is 14.3 Å². The maximum atomic E-state index is 12.4. The van der Waals surface area contributed by atoms with Crippen molar-refractivity contribution in [3.8, 4) is 11.5 Å². The zero-order chi connectivity index (χ0) is 20.6. The Bertz CT molecular complexity index is 966. The number of amides is 1. The summed E-state index contributed by atoms with van der Waals surface area (Å²) >= 11 is 0. The molecule has 0 aliphatic carbocycles. The van der Waals surface area contributed by atoms with E-state index in [0.29, 0.717) is 18.9 Å². The Kier molecular flexibility index (Phi) is 4.77. The van der Waals surface area contributed by atoms with E-state index in [4.69, 9.17) is 9.47 Å². The number of methoxy groups -OCH3 is 1. The van der Waals surface area contributed by atoms with E-state index in [9.17, 15) is 4.79 Å². The highest BCUT2D eigenvalue weighted by Crippen LogP contribution is 2.52. The van der Waals surface area contributed by atoms with Crippen molar-refractivity contribution in [1.82, 2.24) is 5.32 Å². The molecule has 1 atom stereocenters. The topological polar surface area (TPSA) is 50.8 Å². The van der Waals surface area contributed by atoms with Gasteiger partial charge in [0.15, 0.2) is 11.5 Å². The van der Waals surface area contributed by atoms with E-state index in [0.717, 1.165) is 23.4 Å². The molecule has 152 valence electrons. The van der Waals surface area contributed by atoms with Gasteiger partial charge in [-0.2, -0.15) is 0 Å². The summed E-state index contributed by atoms with van der Waals surface area (Å²) in [6.45, 7) is 7.46. The molecule has 1 N–H and O–H groups in total. The number of benzene rings is 2. The highest BCUT2D eigenvalue weighted by atomic mass is 16.5. The molecule has 0 spiro atoms. The first kappa shape index (κ1) is 19.4. The Morgan fingerprint density at radius 2 is 1.97 bits per heavy atom. The summed E-state index contributed by atoms with van der Waals surface area (Å²) in [5.41, 5.74) is 2.47. The highest BCUT2D eigenvalue weighted by Gasteiger charge is 2.59. The van der Waals surface area contributed by atoms with Gasteiger partial charge < -0.3 is 19.7 Å². The molecule has 4 rings (SSSR count). The van der Waals surface area contributed by atoms with Gasteiger partial charge in [0.25, 0.3) is 0 Å². The molecule has 0 aromatic heterocycles. The Hall–Kier alpha value is -2.95. The number of carbonyl (C=O) groups is 1. The maximum absolute atomic E-state index is 12.4. The van der Waals surface area contributed by atoms with Crippen LogP contribution < -0.4 is 19.7 Å². The molecule has 2 aliphatic rings. The van der Waals surface area contributed by atoms with Crippen LogP contribution in [0.4, 0.5) is 5.69 Å². The minimum atomic E-state index is -0.599. The molecule has 2 heterocycles. The molecule has 2 aromatic carbocycles. The molecule has 1 saturated heterocycles. The Labute approximate surface area is 172 Å². The van der Waals surface area contributed by atoms with Gasteiger partial charge in [0.2, 0.25) is 5.91 Å². The van der Waals surface area contributed by atoms with E-state index in [1.165, 1.54) is 5.56 Å². The van der Waals surface area contributed by atoms with Gasteiger partial charge in [0.1, 0.15) is 5.66 Å². The number of para-hydroxylation sites is 1. The van der Waals surface area contributed by atoms with E-state index in [-0.39, 0.29) is 11.3 Å². The lowest BCUT2D eigenvalue weighted by Crippen LogP contribution is -2.58. The quantitative estimate of drug-likeness (QED) is 0.803. The first-order valence-corrected chi connectivity index (χ1v) is 10.1. The van der Waals surface area contributed by atoms with Crippen molar-refractivity contribution in [3.05, 3.63) is 59.7 Å². The zero-order valence-corrected chi connectivity index (χ0v) is 17.5. The second-order valence-corrected chi connectivity index (χ2v) is 8.13. The Morgan fingerprint density at radius 1 is 1.17 bits per heavy atom. The standard InChI is InChI=1S/C24H28N2O3/c1-5-14-29-20-11-10-17(15-21(20)28-4)12-13-24-23(2,3)18-8-6-7-9-19(18)26(24)16-22(27)25-24/h6-13,15H,5,14,16H2,1-4H3,(H,25,27)/b13-12+. The third kappa shape index (κ3) is 2.96. The summed E-state index contributed by atoms with van der Waals surface area (Å²) in [5, 5.41) is 3.25. The lowest BCUT2D eigenvalue weighted by Gasteiger charge is -2.40. The van der Waals surface area contributed by atoms with Gasteiger partial charge in [-0.25, -0.2) is 0 Å². The summed E-state index contributed by atoms with van der Waals surface area (Å²) in [5.74, 6) is 1.49. The van der Waals surface area contributed by atoms with E-state index in [2.05, 4.69) is 61.3 Å². The van der Waals surface area contributed by atoms with Crippen molar-refractivity contribution in [2.24, 2.45) is 0 Å². The minimum Gasteiger partial charge on any atom is -0.493 e. The third-order valence-corrected chi connectivity index (χ3v) is 6.04. The molecule has 5 heteroatoms. The molecule has 2 aliphatic heterocycles. The van der Waals surface area contributed by atoms with Gasteiger partial charge in [-0.05, 0) is 41.8 Å². The number of nitrogens with zero attached hydrogens (tertiary/aromatic N) is 1. The van der Waals surface area contributed by atoms with Gasteiger partial charge in [-0.3, -0.25) is 4.79 Å². The molecule has 0 bridgehead atoms. The van der Waals surface area contributed by atoms with Crippen LogP contribution in [0.2, 0.25) is 0 Å². The second kappa shape index (κ2) is 7.14. The SMILES string of the molecule is CCCOc1ccc(/C=C/C23NC(=O)CN2c2ccccc2C3(C)C)cc1OC. The number of rotatable bonds is 6. The number of carbonyl (C=O) groups excluding carboxylic acids is 1. The molecular weight excluding hydrogens is 364 g/mol. The summed E-state index contributed by atoms with van der Waals surface area (Å²) in [6.07, 6.45) is 5.11. The first-order valence-electron chi connectivity index (χ1n) is 10.1. The van der Waals surface area contributed by atoms with Crippen LogP contribution in [0.1, 0.15) is 38.3 Å². The van der Waals surface area contributed by atoms with Crippen LogP contribution in [-0.4, -0.2) is 31.8 Å². The van der Waals surface area contributed by atoms with Crippen molar-refractivity contribution in [3.63, 3.8) is 0 Å². The van der Waals surface area contributed by atoms with Crippen molar-refractivity contribution in [2.75, 3.05) is 25.2 Å². The number of hydrogen-bond donors (Lipinski definition) is 1. The normalized spacial score (nSPS) is 21.8. The second-order valence-electron chi connectivity index (χ2n) is 8.13. The molecule has 0 radical (unpaired) electrons. The van der Waals surface area contributed by atoms with Gasteiger partial charge in [-0.1, -0.05) is 51.1 Å². The number of anilines is 1. The lowest BCUT2D eigenvalue weighted by atomic mass is 9.75. The van der Waals surface area contributed by atoms with Crippen LogP contribution in [0.25, 0.3) is 6.08 Å². The molecule has 2 aromatic rings. The van der Waals surface area contributed by atoms with Crippen LogP contribution in [0.15, 0.2) is 48.5 Å². The van der Waals surface area contributed by atoms with E-state index in [1.54, 1.807) is 7.11 Å². The fourth-order valence-electron chi connectivity index (χ4n) is 4.48. The van der Waals surface area contributed by atoms with Crippen LogP contribution in [-0.2, 0) is 10.2 Å². The number of fused-ring (bicyclic) bond motifs is 3. The Balaban J connectivity index is 1.71. The predicted molar refractivity (Wildman–Crippen MR) is 116 cm³/mol. The molecule has 5 nitrogen and oxygen atoms in total. The number of hydrogen-bond acceptors (Lipinski definition) is 4. The largest absolute Gasteiger partial charge is 0.493 e. The molecule has 1 amide bonds. The fourth-order valence-corrected chi connectivity index (χ4v) is 4.48. The van der Waals surface area contributed by atoms with Gasteiger partial charge >= 0.3 is 0 Å². The Morgan fingerprint density at radius 3 is 2.72 bits per heavy atom. The summed E-state index contributed by atoms with van der Waals surface area (Å²) in [4.78, 5) is 14.6. The minimum absolute atomic E-state index is 0.0399. The van der Waals surface area contributed by atoms with Crippen LogP contribution in [0, 0.1) is 0 Å². The molecular formula is C24H28N2O3. The van der Waals surface area contributed by atoms with Crippen LogP contribution in [0.5, 0.6) is 11.5 Å². The fraction of sp³-hybridized carbons (Fsp3) is 0.375. The van der Waals surface area contributed by atoms with Gasteiger partial charge in [-0.15, -0.1) is 0 Å². The number of nitrogens with one attached hydrogen (secondary N) is 1. The van der Waals surface area contributed by atoms with E-state index in [1.807, 2.05) is 24.3 Å². The van der Waals surface area contributed by atoms with Crippen LogP contribution in [0.3, 0.4) is 0 Å². The average molecular weight is 392 g/mol. The lowest BCUT2D eigenvalue weighted by molar-refractivity contribution is -0.118. The van der Waals surface area contributed by atoms with E-state index >= 15 is 0 Å². The number of ether oxygens (including phenoxy) is 2. The molecule has 0 saturated carbocycles. The maximum Gasteiger partial charge on any atom is 0.241 e. The summed E-state index contributed by atoms with van der Waals surface area (Å²) < 4.78 is 11.3. The predicted octanol–water partition coefficient (Wildman–Crippen LogP) is 4.12.